The van der Waals surface area contributed by atoms with Crippen molar-refractivity contribution in [1.82, 2.24) is 0 Å². The second-order valence-corrected chi connectivity index (χ2v) is 8.96. The molecule has 2 atom stereocenters. The Morgan fingerprint density at radius 2 is 1.72 bits per heavy atom. The maximum Gasteiger partial charge on any atom is 0.416 e. The van der Waals surface area contributed by atoms with Gasteiger partial charge in [0.15, 0.2) is 0 Å². The molecule has 0 bridgehead atoms. The van der Waals surface area contributed by atoms with E-state index in [0.29, 0.717) is 29.7 Å². The number of alkyl halides is 3. The number of rotatable bonds is 7. The first-order valence-electron chi connectivity index (χ1n) is 11.7. The third-order valence-corrected chi connectivity index (χ3v) is 6.50. The predicted molar refractivity (Wildman–Crippen MR) is 129 cm³/mol. The van der Waals surface area contributed by atoms with Crippen LogP contribution in [0.25, 0.3) is 0 Å². The molecule has 3 aromatic rings. The summed E-state index contributed by atoms with van der Waals surface area (Å²) in [6.07, 6.45) is -2.39. The number of carbonyl (C=O) groups excluding carboxylic acids is 1. The Balaban J connectivity index is 1.71. The summed E-state index contributed by atoms with van der Waals surface area (Å²) in [6, 6.07) is 17.7. The summed E-state index contributed by atoms with van der Waals surface area (Å²) < 4.78 is 46.8. The summed E-state index contributed by atoms with van der Waals surface area (Å²) in [4.78, 5) is 23.3. The van der Waals surface area contributed by atoms with Gasteiger partial charge in [-0.2, -0.15) is 13.2 Å². The van der Waals surface area contributed by atoms with Gasteiger partial charge in [0.1, 0.15) is 12.4 Å². The molecule has 0 aromatic heterocycles. The number of ether oxygens (including phenoxy) is 1. The Morgan fingerprint density at radius 3 is 2.39 bits per heavy atom. The third-order valence-electron chi connectivity index (χ3n) is 6.50. The molecule has 5 nitrogen and oxygen atoms in total. The number of halogens is 3. The lowest BCUT2D eigenvalue weighted by Gasteiger charge is -2.25. The predicted octanol–water partition coefficient (Wildman–Crippen LogP) is 6.99. The highest BCUT2D eigenvalue weighted by Crippen LogP contribution is 2.50. The minimum absolute atomic E-state index is 0.0575. The lowest BCUT2D eigenvalue weighted by molar-refractivity contribution is -0.137. The van der Waals surface area contributed by atoms with Gasteiger partial charge < -0.3 is 15.2 Å². The molecular weight excluding hydrogens is 471 g/mol. The van der Waals surface area contributed by atoms with Crippen molar-refractivity contribution in [1.29, 1.82) is 0 Å². The van der Waals surface area contributed by atoms with E-state index in [1.807, 2.05) is 30.3 Å². The maximum absolute atomic E-state index is 13.6. The van der Waals surface area contributed by atoms with Gasteiger partial charge in [-0.3, -0.25) is 4.79 Å². The molecule has 2 unspecified atom stereocenters. The summed E-state index contributed by atoms with van der Waals surface area (Å²) in [5.74, 6) is -1.69. The van der Waals surface area contributed by atoms with Gasteiger partial charge in [-0.15, -0.1) is 0 Å². The van der Waals surface area contributed by atoms with Gasteiger partial charge in [0.25, 0.3) is 0 Å². The van der Waals surface area contributed by atoms with Crippen LogP contribution in [-0.4, -0.2) is 17.0 Å². The smallest absolute Gasteiger partial charge is 0.416 e. The van der Waals surface area contributed by atoms with Crippen molar-refractivity contribution in [3.63, 3.8) is 0 Å². The van der Waals surface area contributed by atoms with Crippen molar-refractivity contribution in [2.24, 2.45) is 0 Å². The molecule has 1 fully saturated rings. The monoisotopic (exact) mass is 497 g/mol. The highest BCUT2D eigenvalue weighted by molar-refractivity contribution is 6.00. The largest absolute Gasteiger partial charge is 0.489 e. The van der Waals surface area contributed by atoms with Crippen LogP contribution in [0.1, 0.15) is 70.6 Å². The zero-order valence-electron chi connectivity index (χ0n) is 19.6. The van der Waals surface area contributed by atoms with E-state index in [0.717, 1.165) is 24.1 Å². The molecule has 0 spiro atoms. The van der Waals surface area contributed by atoms with Gasteiger partial charge >= 0.3 is 12.1 Å². The Hall–Kier alpha value is -3.81. The fraction of sp³-hybridized carbons (Fsp3) is 0.286. The van der Waals surface area contributed by atoms with Gasteiger partial charge in [0.05, 0.1) is 16.8 Å². The summed E-state index contributed by atoms with van der Waals surface area (Å²) in [7, 11) is 0. The molecule has 36 heavy (non-hydrogen) atoms. The first kappa shape index (κ1) is 25.3. The van der Waals surface area contributed by atoms with E-state index in [1.54, 1.807) is 6.07 Å². The Bertz CT molecular complexity index is 1260. The molecule has 1 amide bonds. The maximum atomic E-state index is 13.6. The highest BCUT2D eigenvalue weighted by Gasteiger charge is 2.36. The number of carboxylic acid groups (broad SMARTS) is 1. The van der Waals surface area contributed by atoms with Gasteiger partial charge in [-0.25, -0.2) is 4.79 Å². The number of hydrogen-bond acceptors (Lipinski definition) is 3. The van der Waals surface area contributed by atoms with Crippen molar-refractivity contribution in [2.45, 2.75) is 50.8 Å². The van der Waals surface area contributed by atoms with Gasteiger partial charge in [0, 0.05) is 6.92 Å². The van der Waals surface area contributed by atoms with Crippen molar-refractivity contribution in [2.75, 3.05) is 5.32 Å². The van der Waals surface area contributed by atoms with Crippen molar-refractivity contribution in [3.8, 4) is 5.75 Å². The lowest BCUT2D eigenvalue weighted by atomic mass is 9.82. The molecule has 0 aliphatic heterocycles. The molecule has 1 saturated carbocycles. The number of aromatic carboxylic acids is 1. The number of amides is 1. The first-order chi connectivity index (χ1) is 17.1. The minimum atomic E-state index is -4.50. The normalized spacial score (nSPS) is 17.6. The van der Waals surface area contributed by atoms with Crippen LogP contribution in [0, 0.1) is 0 Å². The van der Waals surface area contributed by atoms with E-state index in [9.17, 15) is 27.9 Å². The molecule has 1 aliphatic rings. The average molecular weight is 498 g/mol. The Morgan fingerprint density at radius 1 is 1.00 bits per heavy atom. The zero-order chi connectivity index (χ0) is 25.9. The Labute approximate surface area is 206 Å². The summed E-state index contributed by atoms with van der Waals surface area (Å²) in [5.41, 5.74) is 1.44. The fourth-order valence-corrected chi connectivity index (χ4v) is 4.88. The number of carbonyl (C=O) groups is 2. The molecule has 188 valence electrons. The average Bonchev–Trinajstić information content (AvgIpc) is 3.32. The second kappa shape index (κ2) is 10.4. The SMILES string of the molecule is CC(=O)Nc1ccc(C2CCCC2c2cc(C(F)(F)F)ccc2OCc2ccccc2)cc1C(=O)O. The van der Waals surface area contributed by atoms with Crippen LogP contribution in [-0.2, 0) is 17.6 Å². The van der Waals surface area contributed by atoms with Crippen LogP contribution >= 0.6 is 0 Å². The van der Waals surface area contributed by atoms with Crippen LogP contribution in [0.2, 0.25) is 0 Å². The van der Waals surface area contributed by atoms with E-state index < -0.39 is 23.6 Å². The molecule has 8 heteroatoms. The van der Waals surface area contributed by atoms with Crippen molar-refractivity contribution >= 4 is 17.6 Å². The quantitative estimate of drug-likeness (QED) is 0.369. The van der Waals surface area contributed by atoms with Crippen molar-refractivity contribution in [3.05, 3.63) is 94.5 Å². The number of benzene rings is 3. The molecule has 0 saturated heterocycles. The van der Waals surface area contributed by atoms with Crippen LogP contribution in [0.15, 0.2) is 66.7 Å². The molecule has 4 rings (SSSR count). The van der Waals surface area contributed by atoms with Gasteiger partial charge in [-0.1, -0.05) is 42.8 Å². The molecule has 3 aromatic carbocycles. The van der Waals surface area contributed by atoms with Crippen LogP contribution in [0.5, 0.6) is 5.75 Å². The topological polar surface area (TPSA) is 75.6 Å². The first-order valence-corrected chi connectivity index (χ1v) is 11.7. The minimum Gasteiger partial charge on any atom is -0.489 e. The van der Waals surface area contributed by atoms with E-state index in [4.69, 9.17) is 4.74 Å². The standard InChI is InChI=1S/C28H26F3NO4/c1-17(33)32-25-12-10-19(14-24(25)27(34)35)21-8-5-9-22(21)23-15-20(28(29,30)31)11-13-26(23)36-16-18-6-3-2-4-7-18/h2-4,6-7,10-15,21-22H,5,8-9,16H2,1H3,(H,32,33)(H,34,35). The highest BCUT2D eigenvalue weighted by atomic mass is 19.4. The Kier molecular flexibility index (Phi) is 7.33. The fourth-order valence-electron chi connectivity index (χ4n) is 4.88. The van der Waals surface area contributed by atoms with Gasteiger partial charge in [0.2, 0.25) is 5.91 Å². The molecule has 2 N–H and O–H groups in total. The summed E-state index contributed by atoms with van der Waals surface area (Å²) in [5, 5.41) is 12.2. The van der Waals surface area contributed by atoms with Crippen LogP contribution in [0.3, 0.4) is 0 Å². The number of hydrogen-bond donors (Lipinski definition) is 2. The third kappa shape index (κ3) is 5.70. The number of nitrogens with one attached hydrogen (secondary N) is 1. The lowest BCUT2D eigenvalue weighted by Crippen LogP contribution is -2.14. The van der Waals surface area contributed by atoms with Crippen LogP contribution in [0.4, 0.5) is 18.9 Å². The molecular formula is C28H26F3NO4. The van der Waals surface area contributed by atoms with Crippen LogP contribution < -0.4 is 10.1 Å². The van der Waals surface area contributed by atoms with E-state index in [-0.39, 0.29) is 29.7 Å². The summed E-state index contributed by atoms with van der Waals surface area (Å²) >= 11 is 0. The summed E-state index contributed by atoms with van der Waals surface area (Å²) in [6.45, 7) is 1.50. The number of carboxylic acids is 1. The molecule has 0 radical (unpaired) electrons. The van der Waals surface area contributed by atoms with E-state index >= 15 is 0 Å². The molecule has 1 aliphatic carbocycles. The van der Waals surface area contributed by atoms with E-state index in [2.05, 4.69) is 5.32 Å². The number of anilines is 1. The zero-order valence-corrected chi connectivity index (χ0v) is 19.6. The molecule has 0 heterocycles. The van der Waals surface area contributed by atoms with Crippen molar-refractivity contribution < 1.29 is 32.6 Å². The second-order valence-electron chi connectivity index (χ2n) is 8.96. The van der Waals surface area contributed by atoms with Gasteiger partial charge in [-0.05, 0) is 71.7 Å². The van der Waals surface area contributed by atoms with E-state index in [1.165, 1.54) is 25.1 Å².